The molecule has 0 aliphatic heterocycles. The van der Waals surface area contributed by atoms with Crippen LogP contribution in [0.5, 0.6) is 0 Å². The van der Waals surface area contributed by atoms with Crippen molar-refractivity contribution in [3.63, 3.8) is 0 Å². The van der Waals surface area contributed by atoms with Crippen LogP contribution >= 0.6 is 23.1 Å². The number of thiophene rings is 1. The Labute approximate surface area is 141 Å². The maximum Gasteiger partial charge on any atom is 0.191 e. The normalized spacial score (nSPS) is 10.9. The van der Waals surface area contributed by atoms with E-state index in [1.54, 1.807) is 29.8 Å². The Kier molecular flexibility index (Phi) is 4.58. The van der Waals surface area contributed by atoms with E-state index in [4.69, 9.17) is 0 Å². The highest BCUT2D eigenvalue weighted by molar-refractivity contribution is 7.99. The van der Waals surface area contributed by atoms with Gasteiger partial charge in [-0.1, -0.05) is 23.9 Å². The number of nitrogens with zero attached hydrogens (tertiary/aromatic N) is 3. The minimum atomic E-state index is -0.343. The van der Waals surface area contributed by atoms with Crippen molar-refractivity contribution < 1.29 is 9.18 Å². The molecule has 23 heavy (non-hydrogen) atoms. The lowest BCUT2D eigenvalue weighted by Crippen LogP contribution is -2.02. The number of thioether (sulfide) groups is 1. The number of hydrogen-bond donors (Lipinski definition) is 0. The molecule has 0 bridgehead atoms. The van der Waals surface area contributed by atoms with Gasteiger partial charge in [0.05, 0.1) is 16.2 Å². The third kappa shape index (κ3) is 3.35. The molecule has 0 radical (unpaired) electrons. The van der Waals surface area contributed by atoms with Crippen molar-refractivity contribution in [1.82, 2.24) is 14.8 Å². The fraction of sp³-hybridized carbons (Fsp3) is 0.188. The number of carbonyl (C=O) groups is 1. The summed E-state index contributed by atoms with van der Waals surface area (Å²) in [7, 11) is 1.77. The molecule has 0 spiro atoms. The van der Waals surface area contributed by atoms with Crippen molar-refractivity contribution in [3.05, 3.63) is 52.0 Å². The maximum atomic E-state index is 13.9. The molecule has 3 rings (SSSR count). The second kappa shape index (κ2) is 6.64. The molecule has 2 aromatic heterocycles. The molecule has 118 valence electrons. The Morgan fingerprint density at radius 2 is 2.04 bits per heavy atom. The maximum absolute atomic E-state index is 13.9. The van der Waals surface area contributed by atoms with Crippen LogP contribution in [-0.2, 0) is 7.05 Å². The van der Waals surface area contributed by atoms with Gasteiger partial charge in [-0.15, -0.1) is 21.5 Å². The first-order valence-corrected chi connectivity index (χ1v) is 8.73. The summed E-state index contributed by atoms with van der Waals surface area (Å²) >= 11 is 2.79. The standard InChI is InChI=1S/C16H14FN3OS2/c1-10-7-8-14(23-10)13(21)9-22-16-19-18-15(20(16)2)11-5-3-4-6-12(11)17/h3-8H,9H2,1-2H3. The van der Waals surface area contributed by atoms with Gasteiger partial charge in [-0.05, 0) is 31.2 Å². The van der Waals surface area contributed by atoms with Gasteiger partial charge in [-0.25, -0.2) is 4.39 Å². The molecule has 0 amide bonds. The third-order valence-corrected chi connectivity index (χ3v) is 5.36. The lowest BCUT2D eigenvalue weighted by Gasteiger charge is -2.04. The van der Waals surface area contributed by atoms with E-state index in [1.165, 1.54) is 29.2 Å². The molecule has 2 heterocycles. The van der Waals surface area contributed by atoms with Crippen LogP contribution < -0.4 is 0 Å². The predicted molar refractivity (Wildman–Crippen MR) is 90.5 cm³/mol. The monoisotopic (exact) mass is 347 g/mol. The second-order valence-corrected chi connectivity index (χ2v) is 7.20. The number of Topliss-reactive ketones (excluding diaryl/α,β-unsaturated/α-hetero) is 1. The number of rotatable bonds is 5. The number of aryl methyl sites for hydroxylation is 1. The van der Waals surface area contributed by atoms with Gasteiger partial charge < -0.3 is 4.57 Å². The number of halogens is 1. The van der Waals surface area contributed by atoms with Crippen molar-refractivity contribution in [2.75, 3.05) is 5.75 Å². The average molecular weight is 347 g/mol. The number of aromatic nitrogens is 3. The second-order valence-electron chi connectivity index (χ2n) is 4.97. The topological polar surface area (TPSA) is 47.8 Å². The van der Waals surface area contributed by atoms with Crippen LogP contribution in [0.1, 0.15) is 14.5 Å². The van der Waals surface area contributed by atoms with E-state index in [0.717, 1.165) is 9.75 Å². The lowest BCUT2D eigenvalue weighted by atomic mass is 10.2. The predicted octanol–water partition coefficient (Wildman–Crippen LogP) is 3.97. The summed E-state index contributed by atoms with van der Waals surface area (Å²) in [5.41, 5.74) is 0.398. The molecule has 0 fully saturated rings. The van der Waals surface area contributed by atoms with Gasteiger partial charge >= 0.3 is 0 Å². The zero-order valence-electron chi connectivity index (χ0n) is 12.6. The lowest BCUT2D eigenvalue weighted by molar-refractivity contribution is 0.102. The number of hydrogen-bond acceptors (Lipinski definition) is 5. The molecule has 4 nitrogen and oxygen atoms in total. The molecule has 0 aliphatic rings. The number of benzene rings is 1. The first-order valence-electron chi connectivity index (χ1n) is 6.93. The average Bonchev–Trinajstić information content (AvgIpc) is 3.12. The highest BCUT2D eigenvalue weighted by Crippen LogP contribution is 2.25. The van der Waals surface area contributed by atoms with Crippen LogP contribution in [-0.4, -0.2) is 26.3 Å². The molecule has 0 saturated heterocycles. The molecule has 0 atom stereocenters. The third-order valence-electron chi connectivity index (χ3n) is 3.30. The molecule has 7 heteroatoms. The van der Waals surface area contributed by atoms with Crippen molar-refractivity contribution >= 4 is 28.9 Å². The van der Waals surface area contributed by atoms with Gasteiger partial charge in [0.1, 0.15) is 5.82 Å². The molecule has 0 unspecified atom stereocenters. The van der Waals surface area contributed by atoms with Gasteiger partial charge in [-0.3, -0.25) is 4.79 Å². The zero-order chi connectivity index (χ0) is 16.4. The molecule has 1 aromatic carbocycles. The van der Waals surface area contributed by atoms with Crippen LogP contribution in [0.25, 0.3) is 11.4 Å². The summed E-state index contributed by atoms with van der Waals surface area (Å²) in [6.45, 7) is 1.97. The smallest absolute Gasteiger partial charge is 0.191 e. The Hall–Kier alpha value is -1.99. The summed E-state index contributed by atoms with van der Waals surface area (Å²) in [4.78, 5) is 14.0. The summed E-state index contributed by atoms with van der Waals surface area (Å²) in [6, 6.07) is 10.2. The van der Waals surface area contributed by atoms with E-state index in [9.17, 15) is 9.18 Å². The Morgan fingerprint density at radius 3 is 2.74 bits per heavy atom. The van der Waals surface area contributed by atoms with Crippen LogP contribution in [0, 0.1) is 12.7 Å². The number of ketones is 1. The minimum Gasteiger partial charge on any atom is -0.305 e. The van der Waals surface area contributed by atoms with Crippen molar-refractivity contribution in [2.24, 2.45) is 7.05 Å². The van der Waals surface area contributed by atoms with Gasteiger partial charge in [0, 0.05) is 11.9 Å². The van der Waals surface area contributed by atoms with E-state index < -0.39 is 0 Å². The molecule has 0 saturated carbocycles. The van der Waals surface area contributed by atoms with Crippen molar-refractivity contribution in [3.8, 4) is 11.4 Å². The van der Waals surface area contributed by atoms with Gasteiger partial charge in [0.25, 0.3) is 0 Å². The van der Waals surface area contributed by atoms with Crippen LogP contribution in [0.15, 0.2) is 41.6 Å². The highest BCUT2D eigenvalue weighted by Gasteiger charge is 2.16. The van der Waals surface area contributed by atoms with Crippen molar-refractivity contribution in [1.29, 1.82) is 0 Å². The largest absolute Gasteiger partial charge is 0.305 e. The first-order chi connectivity index (χ1) is 11.1. The summed E-state index contributed by atoms with van der Waals surface area (Å²) in [6.07, 6.45) is 0. The number of carbonyl (C=O) groups excluding carboxylic acids is 1. The SMILES string of the molecule is Cc1ccc(C(=O)CSc2nnc(-c3ccccc3F)n2C)s1. The van der Waals surface area contributed by atoms with Gasteiger partial charge in [-0.2, -0.15) is 0 Å². The highest BCUT2D eigenvalue weighted by atomic mass is 32.2. The van der Waals surface area contributed by atoms with E-state index >= 15 is 0 Å². The van der Waals surface area contributed by atoms with Crippen LogP contribution in [0.2, 0.25) is 0 Å². The van der Waals surface area contributed by atoms with E-state index in [1.807, 2.05) is 19.1 Å². The van der Waals surface area contributed by atoms with Crippen molar-refractivity contribution in [2.45, 2.75) is 12.1 Å². The fourth-order valence-electron chi connectivity index (χ4n) is 2.10. The van der Waals surface area contributed by atoms with E-state index in [2.05, 4.69) is 10.2 Å². The minimum absolute atomic E-state index is 0.0588. The molecular weight excluding hydrogens is 333 g/mol. The van der Waals surface area contributed by atoms with Gasteiger partial charge in [0.2, 0.25) is 0 Å². The zero-order valence-corrected chi connectivity index (χ0v) is 14.2. The fourth-order valence-corrected chi connectivity index (χ4v) is 3.79. The Balaban J connectivity index is 1.75. The quantitative estimate of drug-likeness (QED) is 0.518. The first kappa shape index (κ1) is 15.9. The van der Waals surface area contributed by atoms with E-state index in [-0.39, 0.29) is 17.4 Å². The van der Waals surface area contributed by atoms with Crippen LogP contribution in [0.3, 0.4) is 0 Å². The summed E-state index contributed by atoms with van der Waals surface area (Å²) in [5, 5.41) is 8.70. The van der Waals surface area contributed by atoms with E-state index in [0.29, 0.717) is 16.5 Å². The summed E-state index contributed by atoms with van der Waals surface area (Å²) < 4.78 is 15.6. The van der Waals surface area contributed by atoms with Gasteiger partial charge in [0.15, 0.2) is 16.8 Å². The summed E-state index contributed by atoms with van der Waals surface area (Å²) in [5.74, 6) is 0.446. The Bertz CT molecular complexity index is 857. The van der Waals surface area contributed by atoms with Crippen LogP contribution in [0.4, 0.5) is 4.39 Å². The Morgan fingerprint density at radius 1 is 1.26 bits per heavy atom. The molecule has 3 aromatic rings. The molecular formula is C16H14FN3OS2. The molecule has 0 aliphatic carbocycles. The molecule has 0 N–H and O–H groups in total.